The fraction of sp³-hybridized carbons (Fsp3) is 0.263. The van der Waals surface area contributed by atoms with E-state index < -0.39 is 0 Å². The molecule has 1 heterocycles. The first kappa shape index (κ1) is 15.0. The number of hydrogen-bond acceptors (Lipinski definition) is 0. The summed E-state index contributed by atoms with van der Waals surface area (Å²) in [5.74, 6) is 1.37. The number of allylic oxidation sites excluding steroid dienone is 2. The summed E-state index contributed by atoms with van der Waals surface area (Å²) >= 11 is 0. The largest absolute Gasteiger partial charge is 0.0622 e. The van der Waals surface area contributed by atoms with E-state index in [2.05, 4.69) is 74.5 Å². The summed E-state index contributed by atoms with van der Waals surface area (Å²) < 4.78 is 0. The molecule has 0 saturated carbocycles. The Morgan fingerprint density at radius 3 is 1.38 bits per heavy atom. The summed E-state index contributed by atoms with van der Waals surface area (Å²) in [4.78, 5) is 0. The highest BCUT2D eigenvalue weighted by molar-refractivity contribution is 7.88. The molecule has 0 aromatic heterocycles. The second-order valence-electron chi connectivity index (χ2n) is 5.27. The maximum absolute atomic E-state index is 2.34. The van der Waals surface area contributed by atoms with E-state index in [0.29, 0.717) is 0 Å². The van der Waals surface area contributed by atoms with Gasteiger partial charge >= 0.3 is 0 Å². The van der Waals surface area contributed by atoms with Gasteiger partial charge in [-0.25, -0.2) is 0 Å². The molecule has 0 spiro atoms. The lowest BCUT2D eigenvalue weighted by molar-refractivity contribution is 1.12. The van der Waals surface area contributed by atoms with Crippen LogP contribution in [0.4, 0.5) is 0 Å². The highest BCUT2D eigenvalue weighted by Crippen LogP contribution is 2.69. The summed E-state index contributed by atoms with van der Waals surface area (Å²) in [6.45, 7) is 4.68. The van der Waals surface area contributed by atoms with Crippen LogP contribution in [-0.4, -0.2) is 5.90 Å². The Morgan fingerprint density at radius 1 is 0.667 bits per heavy atom. The molecule has 0 nitrogen and oxygen atoms in total. The van der Waals surface area contributed by atoms with Gasteiger partial charge in [-0.05, 0) is 49.9 Å². The van der Waals surface area contributed by atoms with Crippen molar-refractivity contribution in [2.45, 2.75) is 26.7 Å². The smallest absolute Gasteiger partial charge is 0.00347 e. The molecule has 1 aliphatic heterocycles. The topological polar surface area (TPSA) is 0 Å². The van der Waals surface area contributed by atoms with E-state index in [9.17, 15) is 0 Å². The SMILES string of the molecule is CCC1=C(CC)P(c2ccccc2)CP1c1ccccc1. The molecule has 0 bridgehead atoms. The van der Waals surface area contributed by atoms with E-state index in [1.165, 1.54) is 18.7 Å². The minimum Gasteiger partial charge on any atom is -0.0622 e. The van der Waals surface area contributed by atoms with Gasteiger partial charge in [-0.3, -0.25) is 0 Å². The van der Waals surface area contributed by atoms with Crippen molar-refractivity contribution in [3.05, 3.63) is 71.3 Å². The molecular weight excluding hydrogens is 290 g/mol. The highest BCUT2D eigenvalue weighted by atomic mass is 31.2. The van der Waals surface area contributed by atoms with E-state index >= 15 is 0 Å². The van der Waals surface area contributed by atoms with E-state index in [4.69, 9.17) is 0 Å². The van der Waals surface area contributed by atoms with Crippen LogP contribution >= 0.6 is 15.8 Å². The van der Waals surface area contributed by atoms with E-state index in [-0.39, 0.29) is 15.8 Å². The average Bonchev–Trinajstić information content (AvgIpc) is 2.95. The first-order valence-electron chi connectivity index (χ1n) is 7.72. The van der Waals surface area contributed by atoms with E-state index in [1.54, 1.807) is 21.2 Å². The van der Waals surface area contributed by atoms with Crippen LogP contribution < -0.4 is 10.6 Å². The molecule has 0 aliphatic carbocycles. The Labute approximate surface area is 130 Å². The summed E-state index contributed by atoms with van der Waals surface area (Å²) in [5, 5.41) is 6.68. The quantitative estimate of drug-likeness (QED) is 0.644. The fourth-order valence-corrected chi connectivity index (χ4v) is 11.0. The molecule has 1 aliphatic rings. The third kappa shape index (κ3) is 2.98. The molecule has 3 rings (SSSR count). The lowest BCUT2D eigenvalue weighted by Gasteiger charge is -2.16. The summed E-state index contributed by atoms with van der Waals surface area (Å²) in [6.07, 6.45) is 2.44. The Kier molecular flexibility index (Phi) is 4.89. The summed E-state index contributed by atoms with van der Waals surface area (Å²) in [7, 11) is -0.207. The lowest BCUT2D eigenvalue weighted by Crippen LogP contribution is -2.03. The van der Waals surface area contributed by atoms with Gasteiger partial charge in [0.15, 0.2) is 0 Å². The van der Waals surface area contributed by atoms with Gasteiger partial charge in [0, 0.05) is 5.90 Å². The van der Waals surface area contributed by atoms with Crippen LogP contribution in [0.1, 0.15) is 26.7 Å². The third-order valence-electron chi connectivity index (χ3n) is 4.07. The Morgan fingerprint density at radius 2 is 1.05 bits per heavy atom. The first-order chi connectivity index (χ1) is 10.3. The predicted molar refractivity (Wildman–Crippen MR) is 98.5 cm³/mol. The van der Waals surface area contributed by atoms with E-state index in [0.717, 1.165) is 0 Å². The van der Waals surface area contributed by atoms with E-state index in [1.807, 2.05) is 0 Å². The molecule has 2 aromatic carbocycles. The van der Waals surface area contributed by atoms with Crippen molar-refractivity contribution in [2.75, 3.05) is 5.90 Å². The summed E-state index contributed by atoms with van der Waals surface area (Å²) in [6, 6.07) is 22.4. The standard InChI is InChI=1S/C19H22P2/c1-3-18-19(4-2)21(17-13-9-6-10-14-17)15-20(18)16-11-7-5-8-12-16/h5-14H,3-4,15H2,1-2H3. The molecule has 0 amide bonds. The predicted octanol–water partition coefficient (Wildman–Crippen LogP) is 5.60. The van der Waals surface area contributed by atoms with Crippen molar-refractivity contribution in [1.29, 1.82) is 0 Å². The van der Waals surface area contributed by atoms with Gasteiger partial charge in [-0.1, -0.05) is 74.5 Å². The van der Waals surface area contributed by atoms with Crippen molar-refractivity contribution in [3.63, 3.8) is 0 Å². The fourth-order valence-electron chi connectivity index (χ4n) is 3.10. The van der Waals surface area contributed by atoms with Crippen molar-refractivity contribution in [3.8, 4) is 0 Å². The highest BCUT2D eigenvalue weighted by Gasteiger charge is 2.32. The second-order valence-corrected chi connectivity index (χ2v) is 10.2. The van der Waals surface area contributed by atoms with Gasteiger partial charge in [-0.2, -0.15) is 0 Å². The Balaban J connectivity index is 2.01. The molecule has 108 valence electrons. The zero-order valence-electron chi connectivity index (χ0n) is 12.8. The van der Waals surface area contributed by atoms with Crippen LogP contribution in [0.25, 0.3) is 0 Å². The lowest BCUT2D eigenvalue weighted by atomic mass is 10.3. The minimum absolute atomic E-state index is 0.103. The average molecular weight is 312 g/mol. The first-order valence-corrected chi connectivity index (χ1v) is 10.8. The number of hydrogen-bond donors (Lipinski definition) is 0. The van der Waals surface area contributed by atoms with Crippen LogP contribution in [0.5, 0.6) is 0 Å². The van der Waals surface area contributed by atoms with Gasteiger partial charge in [0.25, 0.3) is 0 Å². The van der Waals surface area contributed by atoms with Crippen molar-refractivity contribution < 1.29 is 0 Å². The summed E-state index contributed by atoms with van der Waals surface area (Å²) in [5.41, 5.74) is 0. The maximum atomic E-state index is 2.34. The van der Waals surface area contributed by atoms with Crippen molar-refractivity contribution in [1.82, 2.24) is 0 Å². The molecule has 2 unspecified atom stereocenters. The van der Waals surface area contributed by atoms with Crippen LogP contribution in [0.2, 0.25) is 0 Å². The third-order valence-corrected chi connectivity index (χ3v) is 10.8. The minimum atomic E-state index is -0.103. The molecule has 0 radical (unpaired) electrons. The molecule has 0 fully saturated rings. The van der Waals surface area contributed by atoms with Crippen molar-refractivity contribution >= 4 is 26.5 Å². The maximum Gasteiger partial charge on any atom is 0.00347 e. The molecule has 2 aromatic rings. The van der Waals surface area contributed by atoms with Gasteiger partial charge in [-0.15, -0.1) is 0 Å². The van der Waals surface area contributed by atoms with Crippen LogP contribution in [-0.2, 0) is 0 Å². The molecule has 2 heteroatoms. The Bertz CT molecular complexity index is 561. The van der Waals surface area contributed by atoms with Gasteiger partial charge < -0.3 is 0 Å². The monoisotopic (exact) mass is 312 g/mol. The van der Waals surface area contributed by atoms with Crippen molar-refractivity contribution in [2.24, 2.45) is 0 Å². The van der Waals surface area contributed by atoms with Crippen LogP contribution in [0.15, 0.2) is 71.3 Å². The normalized spacial score (nSPS) is 21.8. The van der Waals surface area contributed by atoms with Gasteiger partial charge in [0.05, 0.1) is 0 Å². The molecule has 21 heavy (non-hydrogen) atoms. The van der Waals surface area contributed by atoms with Gasteiger partial charge in [0.2, 0.25) is 0 Å². The zero-order chi connectivity index (χ0) is 14.7. The van der Waals surface area contributed by atoms with Crippen LogP contribution in [0.3, 0.4) is 0 Å². The van der Waals surface area contributed by atoms with Gasteiger partial charge in [0.1, 0.15) is 0 Å². The zero-order valence-corrected chi connectivity index (χ0v) is 14.6. The second kappa shape index (κ2) is 6.87. The number of benzene rings is 2. The molecule has 0 saturated heterocycles. The molecular formula is C19H22P2. The molecule has 2 atom stereocenters. The Hall–Kier alpha value is -0.960. The number of rotatable bonds is 4. The van der Waals surface area contributed by atoms with Crippen LogP contribution in [0, 0.1) is 0 Å². The molecule has 0 N–H and O–H groups in total.